The van der Waals surface area contributed by atoms with Gasteiger partial charge < -0.3 is 10.5 Å². The van der Waals surface area contributed by atoms with E-state index in [1.165, 1.54) is 49.9 Å². The maximum absolute atomic E-state index is 5.60. The average molecular weight is 276 g/mol. The zero-order valence-corrected chi connectivity index (χ0v) is 12.7. The van der Waals surface area contributed by atoms with Crippen LogP contribution in [0, 0.1) is 0 Å². The lowest BCUT2D eigenvalue weighted by Crippen LogP contribution is -2.24. The molecule has 0 aliphatic carbocycles. The molecule has 1 saturated heterocycles. The van der Waals surface area contributed by atoms with E-state index in [0.717, 1.165) is 31.7 Å². The van der Waals surface area contributed by atoms with Crippen molar-refractivity contribution in [3.8, 4) is 5.75 Å². The van der Waals surface area contributed by atoms with Gasteiger partial charge in [-0.25, -0.2) is 0 Å². The number of methoxy groups -OCH3 is 1. The Balaban J connectivity index is 2.06. The summed E-state index contributed by atoms with van der Waals surface area (Å²) in [6, 6.07) is 6.58. The molecule has 1 aliphatic heterocycles. The van der Waals surface area contributed by atoms with Crippen molar-refractivity contribution in [1.29, 1.82) is 0 Å². The number of hydrogen-bond acceptors (Lipinski definition) is 3. The molecule has 1 aromatic carbocycles. The first-order valence-electron chi connectivity index (χ1n) is 7.91. The number of aryl methyl sites for hydroxylation is 1. The molecule has 1 heterocycles. The van der Waals surface area contributed by atoms with Crippen molar-refractivity contribution in [2.45, 2.75) is 45.1 Å². The molecule has 0 saturated carbocycles. The van der Waals surface area contributed by atoms with Crippen molar-refractivity contribution in [3.05, 3.63) is 29.3 Å². The molecule has 0 bridgehead atoms. The molecule has 1 aromatic rings. The quantitative estimate of drug-likeness (QED) is 0.868. The van der Waals surface area contributed by atoms with Crippen molar-refractivity contribution >= 4 is 0 Å². The van der Waals surface area contributed by atoms with Gasteiger partial charge in [0.2, 0.25) is 0 Å². The van der Waals surface area contributed by atoms with Crippen molar-refractivity contribution in [2.24, 2.45) is 5.73 Å². The van der Waals surface area contributed by atoms with Crippen LogP contribution >= 0.6 is 0 Å². The summed E-state index contributed by atoms with van der Waals surface area (Å²) in [5.74, 6) is 1.02. The third-order valence-electron chi connectivity index (χ3n) is 4.11. The van der Waals surface area contributed by atoms with Crippen LogP contribution in [0.4, 0.5) is 0 Å². The topological polar surface area (TPSA) is 38.5 Å². The summed E-state index contributed by atoms with van der Waals surface area (Å²) in [5.41, 5.74) is 8.30. The van der Waals surface area contributed by atoms with Gasteiger partial charge in [0.25, 0.3) is 0 Å². The summed E-state index contributed by atoms with van der Waals surface area (Å²) in [7, 11) is 1.76. The monoisotopic (exact) mass is 276 g/mol. The highest BCUT2D eigenvalue weighted by Crippen LogP contribution is 2.23. The maximum atomic E-state index is 5.60. The van der Waals surface area contributed by atoms with Crippen molar-refractivity contribution in [1.82, 2.24) is 4.90 Å². The highest BCUT2D eigenvalue weighted by atomic mass is 16.5. The van der Waals surface area contributed by atoms with E-state index in [0.29, 0.717) is 0 Å². The van der Waals surface area contributed by atoms with Crippen LogP contribution in [0.15, 0.2) is 18.2 Å². The first-order valence-corrected chi connectivity index (χ1v) is 7.91. The summed E-state index contributed by atoms with van der Waals surface area (Å²) in [4.78, 5) is 2.57. The minimum Gasteiger partial charge on any atom is -0.496 e. The third kappa shape index (κ3) is 4.50. The Morgan fingerprint density at radius 1 is 1.15 bits per heavy atom. The lowest BCUT2D eigenvalue weighted by Gasteiger charge is -2.21. The van der Waals surface area contributed by atoms with Gasteiger partial charge in [0.15, 0.2) is 0 Å². The molecule has 20 heavy (non-hydrogen) atoms. The van der Waals surface area contributed by atoms with E-state index in [1.54, 1.807) is 7.11 Å². The van der Waals surface area contributed by atoms with E-state index in [9.17, 15) is 0 Å². The fourth-order valence-corrected chi connectivity index (χ4v) is 2.95. The van der Waals surface area contributed by atoms with E-state index < -0.39 is 0 Å². The second kappa shape index (κ2) is 8.28. The van der Waals surface area contributed by atoms with Crippen LogP contribution in [0.25, 0.3) is 0 Å². The molecule has 1 aliphatic rings. The largest absolute Gasteiger partial charge is 0.496 e. The molecular weight excluding hydrogens is 248 g/mol. The second-order valence-corrected chi connectivity index (χ2v) is 5.73. The van der Waals surface area contributed by atoms with Gasteiger partial charge in [-0.2, -0.15) is 0 Å². The maximum Gasteiger partial charge on any atom is 0.123 e. The van der Waals surface area contributed by atoms with Gasteiger partial charge in [0.05, 0.1) is 7.11 Å². The van der Waals surface area contributed by atoms with Gasteiger partial charge in [-0.15, -0.1) is 0 Å². The Kier molecular flexibility index (Phi) is 6.34. The Hall–Kier alpha value is -1.06. The first-order chi connectivity index (χ1) is 9.83. The number of rotatable bonds is 6. The van der Waals surface area contributed by atoms with Crippen LogP contribution in [0.2, 0.25) is 0 Å². The van der Waals surface area contributed by atoms with Crippen LogP contribution in [-0.2, 0) is 13.0 Å². The first kappa shape index (κ1) is 15.3. The Labute approximate surface area is 123 Å². The Morgan fingerprint density at radius 2 is 1.90 bits per heavy atom. The number of nitrogens with two attached hydrogens (primary N) is 1. The van der Waals surface area contributed by atoms with E-state index in [-0.39, 0.29) is 0 Å². The highest BCUT2D eigenvalue weighted by molar-refractivity contribution is 5.37. The predicted molar refractivity (Wildman–Crippen MR) is 84.1 cm³/mol. The van der Waals surface area contributed by atoms with Gasteiger partial charge in [-0.05, 0) is 56.9 Å². The zero-order chi connectivity index (χ0) is 14.2. The number of hydrogen-bond donors (Lipinski definition) is 1. The second-order valence-electron chi connectivity index (χ2n) is 5.73. The molecule has 0 unspecified atom stereocenters. The van der Waals surface area contributed by atoms with Crippen LogP contribution < -0.4 is 10.5 Å². The molecule has 2 rings (SSSR count). The van der Waals surface area contributed by atoms with Gasteiger partial charge >= 0.3 is 0 Å². The molecule has 112 valence electrons. The van der Waals surface area contributed by atoms with Crippen LogP contribution in [-0.4, -0.2) is 31.6 Å². The minimum atomic E-state index is 0.757. The normalized spacial score (nSPS) is 16.9. The Bertz CT molecular complexity index is 398. The van der Waals surface area contributed by atoms with Crippen molar-refractivity contribution in [2.75, 3.05) is 26.7 Å². The van der Waals surface area contributed by atoms with Gasteiger partial charge in [-0.1, -0.05) is 25.0 Å². The Morgan fingerprint density at radius 3 is 2.55 bits per heavy atom. The summed E-state index contributed by atoms with van der Waals surface area (Å²) in [6.07, 6.45) is 7.53. The molecule has 0 aromatic heterocycles. The molecule has 0 spiro atoms. The SMILES string of the molecule is COc1ccc(CCCN)cc1CN1CCCCCC1. The summed E-state index contributed by atoms with van der Waals surface area (Å²) < 4.78 is 5.53. The molecular formula is C17H28N2O. The lowest BCUT2D eigenvalue weighted by molar-refractivity contribution is 0.271. The van der Waals surface area contributed by atoms with Gasteiger partial charge in [0, 0.05) is 12.1 Å². The molecule has 3 heteroatoms. The van der Waals surface area contributed by atoms with E-state index in [4.69, 9.17) is 10.5 Å². The molecule has 0 radical (unpaired) electrons. The molecule has 0 atom stereocenters. The lowest BCUT2D eigenvalue weighted by atomic mass is 10.0. The standard InChI is InChI=1S/C17H28N2O/c1-20-17-9-8-15(7-6-10-18)13-16(17)14-19-11-4-2-3-5-12-19/h8-9,13H,2-7,10-12,14,18H2,1H3. The summed E-state index contributed by atoms with van der Waals surface area (Å²) >= 11 is 0. The number of nitrogens with zero attached hydrogens (tertiary/aromatic N) is 1. The van der Waals surface area contributed by atoms with E-state index in [1.807, 2.05) is 0 Å². The van der Waals surface area contributed by atoms with E-state index >= 15 is 0 Å². The van der Waals surface area contributed by atoms with Crippen LogP contribution in [0.5, 0.6) is 5.75 Å². The molecule has 1 fully saturated rings. The molecule has 3 nitrogen and oxygen atoms in total. The van der Waals surface area contributed by atoms with Gasteiger partial charge in [0.1, 0.15) is 5.75 Å². The number of ether oxygens (including phenoxy) is 1. The number of likely N-dealkylation sites (tertiary alicyclic amines) is 1. The summed E-state index contributed by atoms with van der Waals surface area (Å²) in [5, 5.41) is 0. The predicted octanol–water partition coefficient (Wildman–Crippen LogP) is 2.96. The highest BCUT2D eigenvalue weighted by Gasteiger charge is 2.12. The van der Waals surface area contributed by atoms with Gasteiger partial charge in [-0.3, -0.25) is 4.90 Å². The molecule has 2 N–H and O–H groups in total. The molecule has 0 amide bonds. The summed E-state index contributed by atoms with van der Waals surface area (Å²) in [6.45, 7) is 4.21. The fourth-order valence-electron chi connectivity index (χ4n) is 2.95. The van der Waals surface area contributed by atoms with Crippen LogP contribution in [0.1, 0.15) is 43.2 Å². The van der Waals surface area contributed by atoms with E-state index in [2.05, 4.69) is 23.1 Å². The smallest absolute Gasteiger partial charge is 0.123 e. The number of benzene rings is 1. The fraction of sp³-hybridized carbons (Fsp3) is 0.647. The average Bonchev–Trinajstić information content (AvgIpc) is 2.74. The third-order valence-corrected chi connectivity index (χ3v) is 4.11. The minimum absolute atomic E-state index is 0.757. The zero-order valence-electron chi connectivity index (χ0n) is 12.7. The van der Waals surface area contributed by atoms with Crippen molar-refractivity contribution < 1.29 is 4.74 Å². The van der Waals surface area contributed by atoms with Crippen LogP contribution in [0.3, 0.4) is 0 Å². The van der Waals surface area contributed by atoms with Crippen molar-refractivity contribution in [3.63, 3.8) is 0 Å².